The first-order valence-electron chi connectivity index (χ1n) is 8.01. The van der Waals surface area contributed by atoms with Gasteiger partial charge in [0.05, 0.1) is 11.5 Å². The van der Waals surface area contributed by atoms with Crippen molar-refractivity contribution in [2.24, 2.45) is 0 Å². The quantitative estimate of drug-likeness (QED) is 0.548. The second-order valence-electron chi connectivity index (χ2n) is 6.14. The van der Waals surface area contributed by atoms with Crippen LogP contribution in [0.4, 0.5) is 5.82 Å². The molecule has 10 nitrogen and oxygen atoms in total. The molecule has 11 heteroatoms. The topological polar surface area (TPSA) is 154 Å². The van der Waals surface area contributed by atoms with E-state index in [1.54, 1.807) is 12.1 Å². The summed E-state index contributed by atoms with van der Waals surface area (Å²) in [5.74, 6) is -0.00615. The van der Waals surface area contributed by atoms with Gasteiger partial charge in [-0.1, -0.05) is 17.7 Å². The molecule has 0 unspecified atom stereocenters. The number of aliphatic hydroxyl groups excluding tert-OH is 2. The number of ether oxygens (including phenoxy) is 1. The van der Waals surface area contributed by atoms with Crippen molar-refractivity contribution >= 4 is 15.9 Å². The van der Waals surface area contributed by atoms with Crippen molar-refractivity contribution in [3.8, 4) is 0 Å². The van der Waals surface area contributed by atoms with Gasteiger partial charge in [-0.2, -0.15) is 13.4 Å². The van der Waals surface area contributed by atoms with Crippen LogP contribution in [-0.2, 0) is 19.0 Å². The highest BCUT2D eigenvalue weighted by molar-refractivity contribution is 7.86. The molecule has 0 aliphatic carbocycles. The summed E-state index contributed by atoms with van der Waals surface area (Å²) in [7, 11) is -4.07. The van der Waals surface area contributed by atoms with Crippen LogP contribution in [-0.4, -0.2) is 53.1 Å². The van der Waals surface area contributed by atoms with E-state index in [2.05, 4.69) is 4.98 Å². The maximum atomic E-state index is 12.2. The Morgan fingerprint density at radius 3 is 2.52 bits per heavy atom. The van der Waals surface area contributed by atoms with Crippen molar-refractivity contribution in [1.29, 1.82) is 0 Å². The zero-order valence-corrected chi connectivity index (χ0v) is 15.1. The van der Waals surface area contributed by atoms with Gasteiger partial charge in [-0.3, -0.25) is 8.75 Å². The van der Waals surface area contributed by atoms with Crippen LogP contribution in [0.1, 0.15) is 11.8 Å². The number of aliphatic hydroxyl groups is 2. The lowest BCUT2D eigenvalue weighted by molar-refractivity contribution is -0.0508. The molecule has 1 aromatic carbocycles. The van der Waals surface area contributed by atoms with Crippen molar-refractivity contribution in [3.05, 3.63) is 52.6 Å². The van der Waals surface area contributed by atoms with Crippen molar-refractivity contribution < 1.29 is 27.6 Å². The van der Waals surface area contributed by atoms with Crippen LogP contribution in [0.15, 0.2) is 46.2 Å². The summed E-state index contributed by atoms with van der Waals surface area (Å²) >= 11 is 0. The lowest BCUT2D eigenvalue weighted by Crippen LogP contribution is -2.36. The fraction of sp³-hybridized carbons (Fsp3) is 0.375. The predicted octanol–water partition coefficient (Wildman–Crippen LogP) is -0.841. The molecule has 4 atom stereocenters. The van der Waals surface area contributed by atoms with Gasteiger partial charge in [0.1, 0.15) is 24.1 Å². The van der Waals surface area contributed by atoms with Gasteiger partial charge in [-0.05, 0) is 25.1 Å². The number of aryl methyl sites for hydroxylation is 1. The summed E-state index contributed by atoms with van der Waals surface area (Å²) in [6.45, 7) is 1.28. The first-order chi connectivity index (χ1) is 12.7. The van der Waals surface area contributed by atoms with Gasteiger partial charge >= 0.3 is 5.69 Å². The number of benzene rings is 1. The average molecular weight is 397 g/mol. The molecule has 0 bridgehead atoms. The highest BCUT2D eigenvalue weighted by Gasteiger charge is 2.44. The molecule has 4 N–H and O–H groups in total. The van der Waals surface area contributed by atoms with E-state index in [0.717, 1.165) is 10.1 Å². The lowest BCUT2D eigenvalue weighted by Gasteiger charge is -2.16. The Balaban J connectivity index is 1.72. The molecule has 27 heavy (non-hydrogen) atoms. The van der Waals surface area contributed by atoms with Crippen molar-refractivity contribution in [2.45, 2.75) is 36.4 Å². The summed E-state index contributed by atoms with van der Waals surface area (Å²) in [6.07, 6.45) is -4.11. The second kappa shape index (κ2) is 7.37. The van der Waals surface area contributed by atoms with E-state index in [0.29, 0.717) is 0 Å². The zero-order valence-electron chi connectivity index (χ0n) is 14.3. The summed E-state index contributed by atoms with van der Waals surface area (Å²) in [4.78, 5) is 15.4. The van der Waals surface area contributed by atoms with Gasteiger partial charge in [-0.15, -0.1) is 0 Å². The van der Waals surface area contributed by atoms with Crippen molar-refractivity contribution in [3.63, 3.8) is 0 Å². The van der Waals surface area contributed by atoms with Gasteiger partial charge in [0.25, 0.3) is 10.1 Å². The number of rotatable bonds is 5. The molecule has 146 valence electrons. The molecule has 0 spiro atoms. The Morgan fingerprint density at radius 2 is 1.89 bits per heavy atom. The van der Waals surface area contributed by atoms with E-state index < -0.39 is 47.0 Å². The molecule has 0 radical (unpaired) electrons. The van der Waals surface area contributed by atoms with E-state index in [9.17, 15) is 23.4 Å². The van der Waals surface area contributed by atoms with Crippen LogP contribution in [0, 0.1) is 6.92 Å². The van der Waals surface area contributed by atoms with Crippen LogP contribution in [0.3, 0.4) is 0 Å². The van der Waals surface area contributed by atoms with Gasteiger partial charge in [0, 0.05) is 6.20 Å². The Hall–Kier alpha value is -2.31. The van der Waals surface area contributed by atoms with E-state index in [4.69, 9.17) is 14.7 Å². The van der Waals surface area contributed by atoms with Gasteiger partial charge in [0.15, 0.2) is 6.23 Å². The fourth-order valence-corrected chi connectivity index (χ4v) is 3.56. The van der Waals surface area contributed by atoms with Crippen LogP contribution in [0.5, 0.6) is 0 Å². The van der Waals surface area contributed by atoms with Gasteiger partial charge in [-0.25, -0.2) is 4.79 Å². The number of nitrogens with zero attached hydrogens (tertiary/aromatic N) is 2. The minimum Gasteiger partial charge on any atom is -0.387 e. The molecular formula is C16H19N3O7S. The number of aromatic nitrogens is 2. The molecule has 0 saturated carbocycles. The van der Waals surface area contributed by atoms with E-state index in [-0.39, 0.29) is 10.7 Å². The molecule has 1 aliphatic heterocycles. The van der Waals surface area contributed by atoms with E-state index in [1.807, 2.05) is 6.92 Å². The first kappa shape index (κ1) is 19.5. The minimum absolute atomic E-state index is 0.00615. The largest absolute Gasteiger partial charge is 0.387 e. The number of hydrogen-bond donors (Lipinski definition) is 3. The first-order valence-corrected chi connectivity index (χ1v) is 9.42. The third-order valence-corrected chi connectivity index (χ3v) is 5.46. The van der Waals surface area contributed by atoms with Crippen LogP contribution in [0.25, 0.3) is 0 Å². The smallest absolute Gasteiger partial charge is 0.351 e. The Kier molecular flexibility index (Phi) is 5.31. The molecule has 2 heterocycles. The van der Waals surface area contributed by atoms with Gasteiger partial charge in [0.2, 0.25) is 0 Å². The Labute approximate surface area is 154 Å². The molecule has 1 fully saturated rings. The Morgan fingerprint density at radius 1 is 1.22 bits per heavy atom. The zero-order chi connectivity index (χ0) is 19.8. The molecule has 1 saturated heterocycles. The second-order valence-corrected chi connectivity index (χ2v) is 7.76. The van der Waals surface area contributed by atoms with Crippen molar-refractivity contribution in [1.82, 2.24) is 9.55 Å². The number of anilines is 1. The number of hydrogen-bond acceptors (Lipinski definition) is 9. The fourth-order valence-electron chi connectivity index (χ4n) is 2.65. The molecule has 0 amide bonds. The highest BCUT2D eigenvalue weighted by atomic mass is 32.2. The molecule has 3 rings (SSSR count). The monoisotopic (exact) mass is 397 g/mol. The summed E-state index contributed by atoms with van der Waals surface area (Å²) in [5, 5.41) is 20.3. The summed E-state index contributed by atoms with van der Waals surface area (Å²) in [6, 6.07) is 7.37. The van der Waals surface area contributed by atoms with E-state index in [1.165, 1.54) is 24.4 Å². The van der Waals surface area contributed by atoms with Crippen LogP contribution >= 0.6 is 0 Å². The van der Waals surface area contributed by atoms with Crippen LogP contribution < -0.4 is 11.4 Å². The molecule has 1 aliphatic rings. The van der Waals surface area contributed by atoms with Crippen LogP contribution in [0.2, 0.25) is 0 Å². The van der Waals surface area contributed by atoms with E-state index >= 15 is 0 Å². The SMILES string of the molecule is Cc1ccc(S(=O)(=O)OC[C@H]2O[C@@H](n3ccc(N)nc3=O)[C@H](O)[C@@H]2O)cc1. The third kappa shape index (κ3) is 4.01. The molecule has 2 aromatic rings. The van der Waals surface area contributed by atoms with Gasteiger partial charge < -0.3 is 20.7 Å². The third-order valence-electron chi connectivity index (χ3n) is 4.16. The minimum atomic E-state index is -4.07. The number of nitrogens with two attached hydrogens (primary N) is 1. The predicted molar refractivity (Wildman–Crippen MR) is 93.1 cm³/mol. The Bertz CT molecular complexity index is 974. The standard InChI is InChI=1S/C16H19N3O7S/c1-9-2-4-10(5-3-9)27(23,24)25-8-11-13(20)14(21)15(26-11)19-7-6-12(17)18-16(19)22/h2-7,11,13-15,20-21H,8H2,1H3,(H2,17,18,22)/t11-,13-,14-,15-/m1/s1. The number of nitrogen functional groups attached to an aromatic ring is 1. The maximum Gasteiger partial charge on any atom is 0.351 e. The average Bonchev–Trinajstić information content (AvgIpc) is 2.89. The summed E-state index contributed by atoms with van der Waals surface area (Å²) in [5.41, 5.74) is 5.52. The maximum absolute atomic E-state index is 12.2. The highest BCUT2D eigenvalue weighted by Crippen LogP contribution is 2.29. The molecular weight excluding hydrogens is 378 g/mol. The molecule has 1 aromatic heterocycles. The van der Waals surface area contributed by atoms with Crippen molar-refractivity contribution in [2.75, 3.05) is 12.3 Å². The lowest BCUT2D eigenvalue weighted by atomic mass is 10.1. The summed E-state index contributed by atoms with van der Waals surface area (Å²) < 4.78 is 35.8. The normalized spacial score (nSPS) is 25.6.